The molecule has 0 aliphatic heterocycles. The van der Waals surface area contributed by atoms with Crippen LogP contribution in [0.5, 0.6) is 0 Å². The fourth-order valence-corrected chi connectivity index (χ4v) is 0.853. The average Bonchev–Trinajstić information content (AvgIpc) is 2.22. The maximum atomic E-state index is 11.3. The summed E-state index contributed by atoms with van der Waals surface area (Å²) in [5, 5.41) is 8.67. The Bertz CT molecular complexity index is 248. The van der Waals surface area contributed by atoms with Crippen molar-refractivity contribution in [3.63, 3.8) is 0 Å². The van der Waals surface area contributed by atoms with Crippen molar-refractivity contribution in [3.05, 3.63) is 0 Å². The Morgan fingerprint density at radius 2 is 2.00 bits per heavy atom. The minimum atomic E-state index is -2.08. The quantitative estimate of drug-likeness (QED) is 0.297. The number of aliphatic carboxylic acids is 1. The van der Waals surface area contributed by atoms with Crippen LogP contribution in [-0.4, -0.2) is 29.9 Å². The molecular formula is C10H16O5. The molecule has 0 saturated carbocycles. The Labute approximate surface area is 88.4 Å². The molecule has 5 nitrogen and oxygen atoms in total. The molecule has 0 amide bonds. The minimum absolute atomic E-state index is 0.0947. The summed E-state index contributed by atoms with van der Waals surface area (Å²) in [4.78, 5) is 32.4. The van der Waals surface area contributed by atoms with Crippen molar-refractivity contribution in [2.45, 2.75) is 33.1 Å². The molecule has 5 heteroatoms. The Morgan fingerprint density at radius 1 is 1.40 bits per heavy atom. The van der Waals surface area contributed by atoms with Crippen LogP contribution in [0.25, 0.3) is 0 Å². The number of carbonyl (C=O) groups is 3. The number of hydrogen-bond donors (Lipinski definition) is 1. The summed E-state index contributed by atoms with van der Waals surface area (Å²) in [7, 11) is 0. The van der Waals surface area contributed by atoms with Crippen molar-refractivity contribution in [2.24, 2.45) is 5.41 Å². The standard InChI is InChI=1S/C10H16O5/c1-3-4-5-6-15-9(14)10(2,7-11)8(12)13/h7H,3-6H2,1-2H3,(H,12,13). The van der Waals surface area contributed by atoms with Crippen molar-refractivity contribution in [1.82, 2.24) is 0 Å². The maximum Gasteiger partial charge on any atom is 0.330 e. The van der Waals surface area contributed by atoms with Gasteiger partial charge in [-0.25, -0.2) is 0 Å². The van der Waals surface area contributed by atoms with Gasteiger partial charge in [0.15, 0.2) is 0 Å². The third-order valence-electron chi connectivity index (χ3n) is 2.09. The zero-order valence-corrected chi connectivity index (χ0v) is 8.99. The highest BCUT2D eigenvalue weighted by molar-refractivity contribution is 6.12. The largest absolute Gasteiger partial charge is 0.480 e. The lowest BCUT2D eigenvalue weighted by molar-refractivity contribution is -0.167. The van der Waals surface area contributed by atoms with Crippen LogP contribution in [0.2, 0.25) is 0 Å². The van der Waals surface area contributed by atoms with Crippen molar-refractivity contribution in [3.8, 4) is 0 Å². The van der Waals surface area contributed by atoms with E-state index < -0.39 is 17.4 Å². The SMILES string of the molecule is CCCCCOC(=O)C(C)(C=O)C(=O)O. The second kappa shape index (κ2) is 6.16. The number of ether oxygens (including phenoxy) is 1. The van der Waals surface area contributed by atoms with Gasteiger partial charge in [-0.15, -0.1) is 0 Å². The molecule has 0 aromatic carbocycles. The van der Waals surface area contributed by atoms with E-state index in [0.717, 1.165) is 19.8 Å². The number of carboxylic acid groups (broad SMARTS) is 1. The zero-order valence-electron chi connectivity index (χ0n) is 8.99. The van der Waals surface area contributed by atoms with Crippen LogP contribution in [0.15, 0.2) is 0 Å². The third kappa shape index (κ3) is 3.69. The highest BCUT2D eigenvalue weighted by Gasteiger charge is 2.43. The molecular weight excluding hydrogens is 200 g/mol. The molecule has 0 bridgehead atoms. The smallest absolute Gasteiger partial charge is 0.330 e. The predicted octanol–water partition coefficient (Wildman–Crippen LogP) is 1.01. The topological polar surface area (TPSA) is 80.7 Å². The number of rotatable bonds is 7. The molecule has 0 aliphatic carbocycles. The molecule has 0 rings (SSSR count). The van der Waals surface area contributed by atoms with Crippen LogP contribution in [0.1, 0.15) is 33.1 Å². The molecule has 0 aromatic heterocycles. The lowest BCUT2D eigenvalue weighted by Crippen LogP contribution is -2.39. The Hall–Kier alpha value is -1.39. The molecule has 1 atom stereocenters. The van der Waals surface area contributed by atoms with Crippen LogP contribution < -0.4 is 0 Å². The van der Waals surface area contributed by atoms with Crippen LogP contribution in [0, 0.1) is 5.41 Å². The van der Waals surface area contributed by atoms with Crippen molar-refractivity contribution in [2.75, 3.05) is 6.61 Å². The first-order chi connectivity index (χ1) is 6.99. The summed E-state index contributed by atoms with van der Waals surface area (Å²) in [6.45, 7) is 3.18. The predicted molar refractivity (Wildman–Crippen MR) is 52.3 cm³/mol. The summed E-state index contributed by atoms with van der Waals surface area (Å²) in [6, 6.07) is 0. The minimum Gasteiger partial charge on any atom is -0.480 e. The Morgan fingerprint density at radius 3 is 2.40 bits per heavy atom. The van der Waals surface area contributed by atoms with Crippen LogP contribution in [0.4, 0.5) is 0 Å². The van der Waals surface area contributed by atoms with E-state index in [9.17, 15) is 14.4 Å². The molecule has 0 aromatic rings. The van der Waals surface area contributed by atoms with E-state index >= 15 is 0 Å². The number of hydrogen-bond acceptors (Lipinski definition) is 4. The van der Waals surface area contributed by atoms with E-state index in [1.807, 2.05) is 6.92 Å². The first-order valence-electron chi connectivity index (χ1n) is 4.86. The highest BCUT2D eigenvalue weighted by atomic mass is 16.5. The molecule has 0 heterocycles. The van der Waals surface area contributed by atoms with Gasteiger partial charge >= 0.3 is 11.9 Å². The number of esters is 1. The van der Waals surface area contributed by atoms with Gasteiger partial charge in [0, 0.05) is 0 Å². The van der Waals surface area contributed by atoms with Gasteiger partial charge < -0.3 is 14.6 Å². The number of carbonyl (C=O) groups excluding carboxylic acids is 2. The van der Waals surface area contributed by atoms with E-state index in [1.165, 1.54) is 0 Å². The second-order valence-corrected chi connectivity index (χ2v) is 3.47. The maximum absolute atomic E-state index is 11.3. The highest BCUT2D eigenvalue weighted by Crippen LogP contribution is 2.15. The van der Waals surface area contributed by atoms with E-state index in [-0.39, 0.29) is 12.9 Å². The van der Waals surface area contributed by atoms with Gasteiger partial charge in [-0.3, -0.25) is 9.59 Å². The summed E-state index contributed by atoms with van der Waals surface area (Å²) < 4.78 is 4.71. The molecule has 0 saturated heterocycles. The first kappa shape index (κ1) is 13.6. The molecule has 0 aliphatic rings. The van der Waals surface area contributed by atoms with E-state index in [4.69, 9.17) is 9.84 Å². The van der Waals surface area contributed by atoms with Gasteiger partial charge in [0.1, 0.15) is 6.29 Å². The van der Waals surface area contributed by atoms with Gasteiger partial charge in [-0.2, -0.15) is 0 Å². The van der Waals surface area contributed by atoms with Gasteiger partial charge in [0.25, 0.3) is 0 Å². The molecule has 15 heavy (non-hydrogen) atoms. The monoisotopic (exact) mass is 216 g/mol. The number of unbranched alkanes of at least 4 members (excludes halogenated alkanes) is 2. The Kier molecular flexibility index (Phi) is 5.59. The fraction of sp³-hybridized carbons (Fsp3) is 0.700. The molecule has 1 N–H and O–H groups in total. The van der Waals surface area contributed by atoms with Crippen molar-refractivity contribution < 1.29 is 24.2 Å². The lowest BCUT2D eigenvalue weighted by atomic mass is 9.93. The molecule has 86 valence electrons. The number of aldehydes is 1. The van der Waals surface area contributed by atoms with Crippen molar-refractivity contribution >= 4 is 18.2 Å². The number of carboxylic acids is 1. The molecule has 1 unspecified atom stereocenters. The van der Waals surface area contributed by atoms with Crippen LogP contribution in [0.3, 0.4) is 0 Å². The first-order valence-corrected chi connectivity index (χ1v) is 4.86. The Balaban J connectivity index is 4.18. The summed E-state index contributed by atoms with van der Waals surface area (Å²) in [5.41, 5.74) is -2.08. The summed E-state index contributed by atoms with van der Waals surface area (Å²) >= 11 is 0. The van der Waals surface area contributed by atoms with Crippen LogP contribution >= 0.6 is 0 Å². The van der Waals surface area contributed by atoms with Gasteiger partial charge in [-0.05, 0) is 13.3 Å². The van der Waals surface area contributed by atoms with Crippen molar-refractivity contribution in [1.29, 1.82) is 0 Å². The normalized spacial score (nSPS) is 14.0. The average molecular weight is 216 g/mol. The van der Waals surface area contributed by atoms with E-state index in [1.54, 1.807) is 0 Å². The summed E-state index contributed by atoms with van der Waals surface area (Å²) in [6.07, 6.45) is 2.65. The van der Waals surface area contributed by atoms with Crippen LogP contribution in [-0.2, 0) is 19.1 Å². The van der Waals surface area contributed by atoms with Gasteiger partial charge in [-0.1, -0.05) is 19.8 Å². The fourth-order valence-electron chi connectivity index (χ4n) is 0.853. The van der Waals surface area contributed by atoms with Gasteiger partial charge in [0.05, 0.1) is 6.61 Å². The molecule has 0 fully saturated rings. The second-order valence-electron chi connectivity index (χ2n) is 3.47. The third-order valence-corrected chi connectivity index (χ3v) is 2.09. The van der Waals surface area contributed by atoms with Gasteiger partial charge in [0.2, 0.25) is 5.41 Å². The molecule has 0 radical (unpaired) electrons. The van der Waals surface area contributed by atoms with E-state index in [2.05, 4.69) is 0 Å². The summed E-state index contributed by atoms with van der Waals surface area (Å²) in [5.74, 6) is -2.49. The zero-order chi connectivity index (χ0) is 11.9. The van der Waals surface area contributed by atoms with E-state index in [0.29, 0.717) is 6.42 Å². The lowest BCUT2D eigenvalue weighted by Gasteiger charge is -2.15. The molecule has 0 spiro atoms.